The lowest BCUT2D eigenvalue weighted by Crippen LogP contribution is -2.19. The van der Waals surface area contributed by atoms with Gasteiger partial charge < -0.3 is 19.4 Å². The number of hydrogen-bond donors (Lipinski definition) is 2. The summed E-state index contributed by atoms with van der Waals surface area (Å²) in [6.07, 6.45) is 1.06. The third-order valence-electron chi connectivity index (χ3n) is 3.31. The van der Waals surface area contributed by atoms with Gasteiger partial charge in [0.15, 0.2) is 11.5 Å². The van der Waals surface area contributed by atoms with E-state index in [1.807, 2.05) is 24.3 Å². The molecule has 0 aliphatic carbocycles. The van der Waals surface area contributed by atoms with Crippen molar-refractivity contribution in [2.45, 2.75) is 38.4 Å². The molecule has 0 saturated heterocycles. The highest BCUT2D eigenvalue weighted by Crippen LogP contribution is 2.38. The lowest BCUT2D eigenvalue weighted by molar-refractivity contribution is 0.110. The van der Waals surface area contributed by atoms with Crippen molar-refractivity contribution in [1.82, 2.24) is 0 Å². The number of ether oxygens (including phenoxy) is 1. The number of aliphatic hydroxyl groups is 2. The third-order valence-corrected chi connectivity index (χ3v) is 3.66. The summed E-state index contributed by atoms with van der Waals surface area (Å²) in [6, 6.07) is 7.45. The van der Waals surface area contributed by atoms with Gasteiger partial charge in [-0.15, -0.1) is 11.6 Å². The SMILES string of the molecule is CCCCC(O)c1oc2ccccc2c1OCC(O)CCl. The van der Waals surface area contributed by atoms with Gasteiger partial charge in [0.2, 0.25) is 0 Å². The second-order valence-corrected chi connectivity index (χ2v) is 5.38. The molecule has 1 aromatic carbocycles. The molecule has 0 fully saturated rings. The van der Waals surface area contributed by atoms with E-state index in [-0.39, 0.29) is 12.5 Å². The zero-order valence-corrected chi connectivity index (χ0v) is 12.8. The molecule has 5 heteroatoms. The van der Waals surface area contributed by atoms with E-state index in [0.29, 0.717) is 23.5 Å². The summed E-state index contributed by atoms with van der Waals surface area (Å²) in [5.41, 5.74) is 0.665. The van der Waals surface area contributed by atoms with Crippen molar-refractivity contribution < 1.29 is 19.4 Å². The number of furan rings is 1. The van der Waals surface area contributed by atoms with Gasteiger partial charge in [0.25, 0.3) is 0 Å². The van der Waals surface area contributed by atoms with E-state index in [2.05, 4.69) is 6.92 Å². The van der Waals surface area contributed by atoms with Gasteiger partial charge in [0.05, 0.1) is 11.3 Å². The highest BCUT2D eigenvalue weighted by atomic mass is 35.5. The zero-order chi connectivity index (χ0) is 15.2. The topological polar surface area (TPSA) is 62.8 Å². The quantitative estimate of drug-likeness (QED) is 0.731. The van der Waals surface area contributed by atoms with E-state index in [9.17, 15) is 10.2 Å². The smallest absolute Gasteiger partial charge is 0.175 e. The van der Waals surface area contributed by atoms with E-state index in [4.69, 9.17) is 20.8 Å². The van der Waals surface area contributed by atoms with Gasteiger partial charge in [-0.25, -0.2) is 0 Å². The average Bonchev–Trinajstić information content (AvgIpc) is 2.89. The molecule has 0 aliphatic heterocycles. The van der Waals surface area contributed by atoms with E-state index in [1.54, 1.807) is 0 Å². The Bertz CT molecular complexity index is 566. The van der Waals surface area contributed by atoms with Crippen LogP contribution in [0.25, 0.3) is 11.0 Å². The molecular formula is C16H21ClO4. The standard InChI is InChI=1S/C16H21ClO4/c1-2-3-7-13(19)16-15(20-10-11(18)9-17)12-6-4-5-8-14(12)21-16/h4-6,8,11,13,18-19H,2-3,7,9-10H2,1H3. The van der Waals surface area contributed by atoms with Crippen LogP contribution in [0.3, 0.4) is 0 Å². The summed E-state index contributed by atoms with van der Waals surface area (Å²) in [5.74, 6) is 1.02. The van der Waals surface area contributed by atoms with Crippen molar-refractivity contribution in [2.24, 2.45) is 0 Å². The van der Waals surface area contributed by atoms with Gasteiger partial charge >= 0.3 is 0 Å². The second-order valence-electron chi connectivity index (χ2n) is 5.07. The predicted molar refractivity (Wildman–Crippen MR) is 82.9 cm³/mol. The van der Waals surface area contributed by atoms with Crippen LogP contribution in [0.2, 0.25) is 0 Å². The number of para-hydroxylation sites is 1. The summed E-state index contributed by atoms with van der Waals surface area (Å²) >= 11 is 5.58. The number of unbranched alkanes of at least 4 members (excludes halogenated alkanes) is 1. The van der Waals surface area contributed by atoms with Crippen LogP contribution in [0.1, 0.15) is 38.1 Å². The van der Waals surface area contributed by atoms with Crippen molar-refractivity contribution in [3.63, 3.8) is 0 Å². The molecule has 1 aromatic heterocycles. The number of halogens is 1. The molecule has 0 aliphatic rings. The van der Waals surface area contributed by atoms with Crippen LogP contribution >= 0.6 is 11.6 Å². The normalized spacial score (nSPS) is 14.3. The number of alkyl halides is 1. The van der Waals surface area contributed by atoms with E-state index in [0.717, 1.165) is 18.2 Å². The minimum absolute atomic E-state index is 0.0700. The number of fused-ring (bicyclic) bond motifs is 1. The van der Waals surface area contributed by atoms with E-state index >= 15 is 0 Å². The van der Waals surface area contributed by atoms with Crippen molar-refractivity contribution >= 4 is 22.6 Å². The lowest BCUT2D eigenvalue weighted by atomic mass is 10.1. The minimum Gasteiger partial charge on any atom is -0.486 e. The van der Waals surface area contributed by atoms with Gasteiger partial charge in [-0.1, -0.05) is 31.9 Å². The molecule has 2 unspecified atom stereocenters. The molecule has 0 radical (unpaired) electrons. The lowest BCUT2D eigenvalue weighted by Gasteiger charge is -2.13. The molecule has 2 N–H and O–H groups in total. The molecule has 1 heterocycles. The summed E-state index contributed by atoms with van der Waals surface area (Å²) < 4.78 is 11.4. The molecule has 0 saturated carbocycles. The molecule has 2 aromatic rings. The van der Waals surface area contributed by atoms with Gasteiger partial charge in [-0.3, -0.25) is 0 Å². The first-order valence-electron chi connectivity index (χ1n) is 7.23. The van der Waals surface area contributed by atoms with Gasteiger partial charge in [-0.05, 0) is 18.6 Å². The molecule has 2 rings (SSSR count). The van der Waals surface area contributed by atoms with Crippen molar-refractivity contribution in [2.75, 3.05) is 12.5 Å². The maximum atomic E-state index is 10.3. The molecule has 0 bridgehead atoms. The van der Waals surface area contributed by atoms with Gasteiger partial charge in [0.1, 0.15) is 24.4 Å². The van der Waals surface area contributed by atoms with Crippen LogP contribution in [-0.2, 0) is 0 Å². The molecule has 0 amide bonds. The maximum Gasteiger partial charge on any atom is 0.175 e. The highest BCUT2D eigenvalue weighted by Gasteiger charge is 2.22. The fourth-order valence-electron chi connectivity index (χ4n) is 2.16. The van der Waals surface area contributed by atoms with Crippen LogP contribution in [0.4, 0.5) is 0 Å². The number of benzene rings is 1. The second kappa shape index (κ2) is 7.69. The largest absolute Gasteiger partial charge is 0.486 e. The number of hydrogen-bond acceptors (Lipinski definition) is 4. The Labute approximate surface area is 129 Å². The molecule has 2 atom stereocenters. The summed E-state index contributed by atoms with van der Waals surface area (Å²) in [4.78, 5) is 0. The van der Waals surface area contributed by atoms with Crippen LogP contribution in [0.5, 0.6) is 5.75 Å². The summed E-state index contributed by atoms with van der Waals surface area (Å²) in [6.45, 7) is 2.14. The Morgan fingerprint density at radius 1 is 1.29 bits per heavy atom. The van der Waals surface area contributed by atoms with E-state index < -0.39 is 12.2 Å². The Balaban J connectivity index is 2.29. The first-order valence-corrected chi connectivity index (χ1v) is 7.77. The molecule has 116 valence electrons. The van der Waals surface area contributed by atoms with Crippen molar-refractivity contribution in [3.05, 3.63) is 30.0 Å². The average molecular weight is 313 g/mol. The number of rotatable bonds is 8. The van der Waals surface area contributed by atoms with Crippen LogP contribution < -0.4 is 4.74 Å². The van der Waals surface area contributed by atoms with Crippen molar-refractivity contribution in [3.8, 4) is 5.75 Å². The first kappa shape index (κ1) is 16.1. The Morgan fingerprint density at radius 2 is 2.05 bits per heavy atom. The Hall–Kier alpha value is -1.23. The van der Waals surface area contributed by atoms with Gasteiger partial charge in [-0.2, -0.15) is 0 Å². The first-order chi connectivity index (χ1) is 10.2. The van der Waals surface area contributed by atoms with E-state index in [1.165, 1.54) is 0 Å². The number of aliphatic hydroxyl groups excluding tert-OH is 2. The molecular weight excluding hydrogens is 292 g/mol. The Kier molecular flexibility index (Phi) is 5.91. The molecule has 0 spiro atoms. The highest BCUT2D eigenvalue weighted by molar-refractivity contribution is 6.18. The maximum absolute atomic E-state index is 10.3. The predicted octanol–water partition coefficient (Wildman–Crippen LogP) is 3.63. The minimum atomic E-state index is -0.749. The van der Waals surface area contributed by atoms with Crippen molar-refractivity contribution in [1.29, 1.82) is 0 Å². The summed E-state index contributed by atoms with van der Waals surface area (Å²) in [7, 11) is 0. The van der Waals surface area contributed by atoms with Crippen LogP contribution in [0, 0.1) is 0 Å². The Morgan fingerprint density at radius 3 is 2.76 bits per heavy atom. The summed E-state index contributed by atoms with van der Waals surface area (Å²) in [5, 5.41) is 20.6. The molecule has 4 nitrogen and oxygen atoms in total. The van der Waals surface area contributed by atoms with Crippen LogP contribution in [0.15, 0.2) is 28.7 Å². The monoisotopic (exact) mass is 312 g/mol. The fourth-order valence-corrected chi connectivity index (χ4v) is 2.25. The molecule has 21 heavy (non-hydrogen) atoms. The van der Waals surface area contributed by atoms with Crippen LogP contribution in [-0.4, -0.2) is 28.8 Å². The van der Waals surface area contributed by atoms with Gasteiger partial charge in [0, 0.05) is 0 Å². The fraction of sp³-hybridized carbons (Fsp3) is 0.500. The third kappa shape index (κ3) is 3.90. The zero-order valence-electron chi connectivity index (χ0n) is 12.1.